The molecule has 4 heteroatoms. The number of nitrogen functional groups attached to an aromatic ring is 1. The Hall–Kier alpha value is -1.55. The molecule has 1 heterocycles. The summed E-state index contributed by atoms with van der Waals surface area (Å²) < 4.78 is 7.24. The largest absolute Gasteiger partial charge is 0.399 e. The molecule has 15 heavy (non-hydrogen) atoms. The van der Waals surface area contributed by atoms with E-state index in [0.29, 0.717) is 6.73 Å². The maximum Gasteiger partial charge on any atom is 0.139 e. The summed E-state index contributed by atoms with van der Waals surface area (Å²) in [5, 5.41) is 5.44. The molecular formula is C11H15N3O. The topological polar surface area (TPSA) is 53.1 Å². The first kappa shape index (κ1) is 9.98. The van der Waals surface area contributed by atoms with Gasteiger partial charge < -0.3 is 10.5 Å². The van der Waals surface area contributed by atoms with Crippen LogP contribution in [0.2, 0.25) is 0 Å². The molecule has 80 valence electrons. The second-order valence-corrected chi connectivity index (χ2v) is 3.83. The molecule has 0 saturated heterocycles. The number of aromatic nitrogens is 2. The van der Waals surface area contributed by atoms with Crippen LogP contribution in [-0.2, 0) is 11.5 Å². The Morgan fingerprint density at radius 2 is 2.27 bits per heavy atom. The minimum absolute atomic E-state index is 0.211. The van der Waals surface area contributed by atoms with Gasteiger partial charge in [0.05, 0.1) is 11.6 Å². The molecule has 0 saturated carbocycles. The Balaban J connectivity index is 2.23. The van der Waals surface area contributed by atoms with Crippen LogP contribution < -0.4 is 5.73 Å². The number of nitrogens with two attached hydrogens (primary N) is 1. The van der Waals surface area contributed by atoms with Crippen LogP contribution in [-0.4, -0.2) is 15.9 Å². The lowest BCUT2D eigenvalue weighted by Crippen LogP contribution is -2.08. The molecule has 0 aliphatic heterocycles. The van der Waals surface area contributed by atoms with Gasteiger partial charge in [-0.15, -0.1) is 0 Å². The minimum Gasteiger partial charge on any atom is -0.399 e. The first-order valence-electron chi connectivity index (χ1n) is 4.99. The van der Waals surface area contributed by atoms with Crippen LogP contribution in [0, 0.1) is 0 Å². The lowest BCUT2D eigenvalue weighted by molar-refractivity contribution is 0.0224. The minimum atomic E-state index is 0.211. The van der Waals surface area contributed by atoms with E-state index in [1.165, 1.54) is 0 Å². The third kappa shape index (κ3) is 2.27. The monoisotopic (exact) mass is 205 g/mol. The van der Waals surface area contributed by atoms with Crippen LogP contribution in [0.5, 0.6) is 0 Å². The van der Waals surface area contributed by atoms with Crippen LogP contribution >= 0.6 is 0 Å². The highest BCUT2D eigenvalue weighted by Gasteiger charge is 2.01. The van der Waals surface area contributed by atoms with E-state index < -0.39 is 0 Å². The molecule has 0 fully saturated rings. The molecule has 0 aliphatic rings. The van der Waals surface area contributed by atoms with E-state index >= 15 is 0 Å². The van der Waals surface area contributed by atoms with E-state index in [0.717, 1.165) is 16.6 Å². The van der Waals surface area contributed by atoms with E-state index in [4.69, 9.17) is 10.5 Å². The second kappa shape index (κ2) is 3.90. The fourth-order valence-electron chi connectivity index (χ4n) is 1.38. The van der Waals surface area contributed by atoms with Crippen LogP contribution in [0.3, 0.4) is 0 Å². The molecule has 4 nitrogen and oxygen atoms in total. The first-order chi connectivity index (χ1) is 7.15. The van der Waals surface area contributed by atoms with Crippen molar-refractivity contribution in [1.82, 2.24) is 9.78 Å². The quantitative estimate of drug-likeness (QED) is 0.780. The van der Waals surface area contributed by atoms with E-state index in [9.17, 15) is 0 Å². The predicted molar refractivity (Wildman–Crippen MR) is 60.4 cm³/mol. The molecule has 0 bridgehead atoms. The van der Waals surface area contributed by atoms with Gasteiger partial charge >= 0.3 is 0 Å². The molecule has 0 atom stereocenters. The van der Waals surface area contributed by atoms with E-state index in [2.05, 4.69) is 5.10 Å². The molecule has 1 aromatic carbocycles. The summed E-state index contributed by atoms with van der Waals surface area (Å²) in [5.41, 5.74) is 7.31. The van der Waals surface area contributed by atoms with Crippen LogP contribution in [0.15, 0.2) is 24.4 Å². The third-order valence-corrected chi connectivity index (χ3v) is 2.12. The number of fused-ring (bicyclic) bond motifs is 1. The fourth-order valence-corrected chi connectivity index (χ4v) is 1.38. The van der Waals surface area contributed by atoms with E-state index in [1.807, 2.05) is 38.2 Å². The lowest BCUT2D eigenvalue weighted by Gasteiger charge is -2.06. The Labute approximate surface area is 88.6 Å². The summed E-state index contributed by atoms with van der Waals surface area (Å²) in [5.74, 6) is 0. The van der Waals surface area contributed by atoms with Gasteiger partial charge in [0, 0.05) is 17.3 Å². The maximum absolute atomic E-state index is 5.67. The van der Waals surface area contributed by atoms with E-state index in [1.54, 1.807) is 4.68 Å². The summed E-state index contributed by atoms with van der Waals surface area (Å²) in [6, 6.07) is 5.70. The Morgan fingerprint density at radius 3 is 3.00 bits per heavy atom. The van der Waals surface area contributed by atoms with E-state index in [-0.39, 0.29) is 6.10 Å². The van der Waals surface area contributed by atoms with Gasteiger partial charge in [-0.3, -0.25) is 0 Å². The van der Waals surface area contributed by atoms with Gasteiger partial charge in [-0.1, -0.05) is 0 Å². The summed E-state index contributed by atoms with van der Waals surface area (Å²) in [7, 11) is 0. The smallest absolute Gasteiger partial charge is 0.139 e. The third-order valence-electron chi connectivity index (χ3n) is 2.12. The van der Waals surface area contributed by atoms with Crippen molar-refractivity contribution in [2.75, 3.05) is 5.73 Å². The molecule has 0 spiro atoms. The fraction of sp³-hybridized carbons (Fsp3) is 0.364. The first-order valence-corrected chi connectivity index (χ1v) is 4.99. The number of hydrogen-bond donors (Lipinski definition) is 1. The van der Waals surface area contributed by atoms with Gasteiger partial charge in [0.2, 0.25) is 0 Å². The number of hydrogen-bond acceptors (Lipinski definition) is 3. The van der Waals surface area contributed by atoms with Crippen LogP contribution in [0.25, 0.3) is 10.9 Å². The molecule has 0 aliphatic carbocycles. The lowest BCUT2D eigenvalue weighted by atomic mass is 10.2. The van der Waals surface area contributed by atoms with Crippen LogP contribution in [0.1, 0.15) is 13.8 Å². The van der Waals surface area contributed by atoms with Gasteiger partial charge in [0.1, 0.15) is 6.73 Å². The van der Waals surface area contributed by atoms with Gasteiger partial charge in [-0.05, 0) is 32.0 Å². The number of anilines is 1. The summed E-state index contributed by atoms with van der Waals surface area (Å²) in [4.78, 5) is 0. The highest BCUT2D eigenvalue weighted by molar-refractivity contribution is 5.81. The van der Waals surface area contributed by atoms with Crippen molar-refractivity contribution in [3.05, 3.63) is 24.4 Å². The predicted octanol–water partition coefficient (Wildman–Crippen LogP) is 2.00. The van der Waals surface area contributed by atoms with Crippen LogP contribution in [0.4, 0.5) is 5.69 Å². The highest BCUT2D eigenvalue weighted by atomic mass is 16.5. The molecule has 0 unspecified atom stereocenters. The summed E-state index contributed by atoms with van der Waals surface area (Å²) in [6.07, 6.45) is 2.17. The average molecular weight is 205 g/mol. The summed E-state index contributed by atoms with van der Waals surface area (Å²) >= 11 is 0. The molecule has 2 rings (SSSR count). The van der Waals surface area contributed by atoms with Crippen molar-refractivity contribution < 1.29 is 4.74 Å². The zero-order valence-corrected chi connectivity index (χ0v) is 8.97. The molecule has 0 radical (unpaired) electrons. The van der Waals surface area contributed by atoms with Crippen molar-refractivity contribution in [1.29, 1.82) is 0 Å². The van der Waals surface area contributed by atoms with Gasteiger partial charge in [-0.2, -0.15) is 5.10 Å². The Kier molecular flexibility index (Phi) is 2.60. The highest BCUT2D eigenvalue weighted by Crippen LogP contribution is 2.15. The SMILES string of the molecule is CC(C)OCn1cc2ccc(N)cc2n1. The van der Waals surface area contributed by atoms with Crippen molar-refractivity contribution >= 4 is 16.6 Å². The molecule has 0 amide bonds. The van der Waals surface area contributed by atoms with Gasteiger partial charge in [-0.25, -0.2) is 4.68 Å². The standard InChI is InChI=1S/C11H15N3O/c1-8(2)15-7-14-6-9-3-4-10(12)5-11(9)13-14/h3-6,8H,7,12H2,1-2H3. The summed E-state index contributed by atoms with van der Waals surface area (Å²) in [6.45, 7) is 4.48. The molecule has 2 N–H and O–H groups in total. The number of rotatable bonds is 3. The number of benzene rings is 1. The normalized spacial score (nSPS) is 11.4. The molecule has 1 aromatic heterocycles. The maximum atomic E-state index is 5.67. The molecular weight excluding hydrogens is 190 g/mol. The second-order valence-electron chi connectivity index (χ2n) is 3.83. The van der Waals surface area contributed by atoms with Gasteiger partial charge in [0.25, 0.3) is 0 Å². The Bertz CT molecular complexity index is 462. The van der Waals surface area contributed by atoms with Crippen molar-refractivity contribution in [2.45, 2.75) is 26.7 Å². The van der Waals surface area contributed by atoms with Crippen molar-refractivity contribution in [2.24, 2.45) is 0 Å². The van der Waals surface area contributed by atoms with Gasteiger partial charge in [0.15, 0.2) is 0 Å². The molecule has 2 aromatic rings. The number of nitrogens with zero attached hydrogens (tertiary/aromatic N) is 2. The number of ether oxygens (including phenoxy) is 1. The zero-order chi connectivity index (χ0) is 10.8. The van der Waals surface area contributed by atoms with Crippen molar-refractivity contribution in [3.63, 3.8) is 0 Å². The zero-order valence-electron chi connectivity index (χ0n) is 8.97. The van der Waals surface area contributed by atoms with Crippen molar-refractivity contribution in [3.8, 4) is 0 Å². The average Bonchev–Trinajstić information content (AvgIpc) is 2.56. The Morgan fingerprint density at radius 1 is 1.47 bits per heavy atom.